The summed E-state index contributed by atoms with van der Waals surface area (Å²) in [4.78, 5) is 15.2. The lowest BCUT2D eigenvalue weighted by Gasteiger charge is -2.29. The van der Waals surface area contributed by atoms with E-state index in [1.54, 1.807) is 0 Å². The van der Waals surface area contributed by atoms with E-state index < -0.39 is 5.41 Å². The maximum Gasteiger partial charge on any atom is 0.234 e. The Kier molecular flexibility index (Phi) is 3.58. The van der Waals surface area contributed by atoms with Crippen LogP contribution in [0.3, 0.4) is 0 Å². The van der Waals surface area contributed by atoms with Gasteiger partial charge >= 0.3 is 0 Å². The summed E-state index contributed by atoms with van der Waals surface area (Å²) >= 11 is 0. The van der Waals surface area contributed by atoms with Crippen molar-refractivity contribution in [2.75, 3.05) is 13.1 Å². The zero-order chi connectivity index (χ0) is 14.2. The molecule has 3 aliphatic rings. The van der Waals surface area contributed by atoms with Gasteiger partial charge in [0.2, 0.25) is 5.91 Å². The summed E-state index contributed by atoms with van der Waals surface area (Å²) in [5, 5.41) is 15.3. The van der Waals surface area contributed by atoms with Crippen LogP contribution in [0.15, 0.2) is 5.16 Å². The van der Waals surface area contributed by atoms with Crippen molar-refractivity contribution in [3.63, 3.8) is 0 Å². The van der Waals surface area contributed by atoms with Gasteiger partial charge in [-0.1, -0.05) is 18.0 Å². The van der Waals surface area contributed by atoms with E-state index in [-0.39, 0.29) is 17.8 Å². The Labute approximate surface area is 119 Å². The predicted molar refractivity (Wildman–Crippen MR) is 75.5 cm³/mol. The fourth-order valence-electron chi connectivity index (χ4n) is 4.23. The van der Waals surface area contributed by atoms with Crippen molar-refractivity contribution >= 4 is 11.7 Å². The zero-order valence-electron chi connectivity index (χ0n) is 11.8. The van der Waals surface area contributed by atoms with Crippen LogP contribution < -0.4 is 11.1 Å². The third kappa shape index (κ3) is 2.06. The first-order valence-corrected chi connectivity index (χ1v) is 7.70. The standard InChI is InChI=1S/C14H24N4O2/c15-12(17-20)14(6-1-2-7-14)13(19)16-10-5-9-18-8-3-4-11(10)18/h10-11,20H,1-9H2,(H2,15,17)(H,16,19). The van der Waals surface area contributed by atoms with Gasteiger partial charge in [-0.3, -0.25) is 9.69 Å². The van der Waals surface area contributed by atoms with Gasteiger partial charge in [-0.15, -0.1) is 0 Å². The van der Waals surface area contributed by atoms with Gasteiger partial charge in [0.15, 0.2) is 5.84 Å². The van der Waals surface area contributed by atoms with Crippen molar-refractivity contribution in [2.45, 2.75) is 57.0 Å². The number of amides is 1. The maximum atomic E-state index is 12.7. The first-order valence-electron chi connectivity index (χ1n) is 7.70. The molecular weight excluding hydrogens is 256 g/mol. The molecule has 1 aliphatic carbocycles. The van der Waals surface area contributed by atoms with Gasteiger partial charge in [0.25, 0.3) is 0 Å². The van der Waals surface area contributed by atoms with Gasteiger partial charge in [0.1, 0.15) is 5.41 Å². The fourth-order valence-corrected chi connectivity index (χ4v) is 4.23. The second-order valence-electron chi connectivity index (χ2n) is 6.39. The van der Waals surface area contributed by atoms with Gasteiger partial charge < -0.3 is 16.3 Å². The quantitative estimate of drug-likeness (QED) is 0.306. The first-order chi connectivity index (χ1) is 9.67. The molecule has 1 amide bonds. The molecule has 1 saturated carbocycles. The summed E-state index contributed by atoms with van der Waals surface area (Å²) in [5.74, 6) is 0.0397. The molecular formula is C14H24N4O2. The molecule has 6 heteroatoms. The Morgan fingerprint density at radius 3 is 2.70 bits per heavy atom. The molecule has 3 fully saturated rings. The highest BCUT2D eigenvalue weighted by molar-refractivity contribution is 6.07. The molecule has 0 aromatic rings. The largest absolute Gasteiger partial charge is 0.409 e. The minimum Gasteiger partial charge on any atom is -0.409 e. The van der Waals surface area contributed by atoms with E-state index in [1.807, 2.05) is 0 Å². The van der Waals surface area contributed by atoms with Gasteiger partial charge in [-0.2, -0.15) is 0 Å². The van der Waals surface area contributed by atoms with Crippen molar-refractivity contribution in [3.8, 4) is 0 Å². The lowest BCUT2D eigenvalue weighted by atomic mass is 9.83. The number of fused-ring (bicyclic) bond motifs is 1. The van der Waals surface area contributed by atoms with E-state index in [0.29, 0.717) is 18.9 Å². The Hall–Kier alpha value is -1.30. The van der Waals surface area contributed by atoms with Crippen molar-refractivity contribution < 1.29 is 10.0 Å². The smallest absolute Gasteiger partial charge is 0.234 e. The van der Waals surface area contributed by atoms with E-state index in [2.05, 4.69) is 15.4 Å². The molecule has 0 radical (unpaired) electrons. The summed E-state index contributed by atoms with van der Waals surface area (Å²) < 4.78 is 0. The molecule has 2 atom stereocenters. The monoisotopic (exact) mass is 280 g/mol. The maximum absolute atomic E-state index is 12.7. The number of hydrogen-bond donors (Lipinski definition) is 3. The molecule has 0 spiro atoms. The highest BCUT2D eigenvalue weighted by atomic mass is 16.4. The molecule has 3 rings (SSSR count). The van der Waals surface area contributed by atoms with E-state index >= 15 is 0 Å². The van der Waals surface area contributed by atoms with Crippen LogP contribution in [-0.2, 0) is 4.79 Å². The Morgan fingerprint density at radius 2 is 2.00 bits per heavy atom. The number of nitrogens with zero attached hydrogens (tertiary/aromatic N) is 2. The van der Waals surface area contributed by atoms with Gasteiger partial charge in [-0.05, 0) is 38.6 Å². The molecule has 0 aromatic carbocycles. The molecule has 0 aromatic heterocycles. The molecule has 2 aliphatic heterocycles. The number of carbonyl (C=O) groups excluding carboxylic acids is 1. The molecule has 112 valence electrons. The van der Waals surface area contributed by atoms with Crippen LogP contribution in [0.25, 0.3) is 0 Å². The molecule has 4 N–H and O–H groups in total. The van der Waals surface area contributed by atoms with Crippen molar-refractivity contribution in [1.82, 2.24) is 10.2 Å². The minimum absolute atomic E-state index is 0.0379. The summed E-state index contributed by atoms with van der Waals surface area (Å²) in [5.41, 5.74) is 5.05. The highest BCUT2D eigenvalue weighted by Crippen LogP contribution is 2.39. The summed E-state index contributed by atoms with van der Waals surface area (Å²) in [6.07, 6.45) is 6.71. The van der Waals surface area contributed by atoms with Gasteiger partial charge in [0, 0.05) is 18.6 Å². The number of nitrogens with two attached hydrogens (primary N) is 1. The number of nitrogens with one attached hydrogen (secondary N) is 1. The van der Waals surface area contributed by atoms with Gasteiger partial charge in [-0.25, -0.2) is 0 Å². The van der Waals surface area contributed by atoms with Gasteiger partial charge in [0.05, 0.1) is 0 Å². The van der Waals surface area contributed by atoms with Crippen LogP contribution >= 0.6 is 0 Å². The molecule has 2 unspecified atom stereocenters. The predicted octanol–water partition coefficient (Wildman–Crippen LogP) is 0.646. The Bertz CT molecular complexity index is 417. The second kappa shape index (κ2) is 5.24. The van der Waals surface area contributed by atoms with Crippen molar-refractivity contribution in [1.29, 1.82) is 0 Å². The third-order valence-electron chi connectivity index (χ3n) is 5.41. The number of carbonyl (C=O) groups is 1. The summed E-state index contributed by atoms with van der Waals surface area (Å²) in [6, 6.07) is 0.721. The molecule has 6 nitrogen and oxygen atoms in total. The fraction of sp³-hybridized carbons (Fsp3) is 0.857. The lowest BCUT2D eigenvalue weighted by molar-refractivity contribution is -0.128. The van der Waals surface area contributed by atoms with E-state index in [9.17, 15) is 4.79 Å². The van der Waals surface area contributed by atoms with Crippen LogP contribution in [0.1, 0.15) is 44.9 Å². The van der Waals surface area contributed by atoms with Crippen molar-refractivity contribution in [2.24, 2.45) is 16.3 Å². The highest BCUT2D eigenvalue weighted by Gasteiger charge is 2.47. The van der Waals surface area contributed by atoms with E-state index in [1.165, 1.54) is 12.8 Å². The third-order valence-corrected chi connectivity index (χ3v) is 5.41. The summed E-state index contributed by atoms with van der Waals surface area (Å²) in [6.45, 7) is 2.23. The average Bonchev–Trinajstić information content (AvgIpc) is 3.15. The van der Waals surface area contributed by atoms with Crippen LogP contribution in [0.4, 0.5) is 0 Å². The molecule has 2 saturated heterocycles. The van der Waals surface area contributed by atoms with E-state index in [0.717, 1.165) is 32.4 Å². The molecule has 0 bridgehead atoms. The van der Waals surface area contributed by atoms with Crippen LogP contribution in [0.5, 0.6) is 0 Å². The number of amidine groups is 1. The topological polar surface area (TPSA) is 91.0 Å². The molecule has 20 heavy (non-hydrogen) atoms. The second-order valence-corrected chi connectivity index (χ2v) is 6.39. The first kappa shape index (κ1) is 13.7. The Morgan fingerprint density at radius 1 is 1.25 bits per heavy atom. The zero-order valence-corrected chi connectivity index (χ0v) is 11.8. The van der Waals surface area contributed by atoms with Crippen LogP contribution in [0.2, 0.25) is 0 Å². The lowest BCUT2D eigenvalue weighted by Crippen LogP contribution is -2.53. The Balaban J connectivity index is 1.71. The summed E-state index contributed by atoms with van der Waals surface area (Å²) in [7, 11) is 0. The number of rotatable bonds is 3. The normalized spacial score (nSPS) is 33.3. The SMILES string of the molecule is NC(=NO)C1(C(=O)NC2CCN3CCCC23)CCCC1. The molecule has 2 heterocycles. The van der Waals surface area contributed by atoms with Crippen LogP contribution in [0, 0.1) is 5.41 Å². The van der Waals surface area contributed by atoms with Crippen molar-refractivity contribution in [3.05, 3.63) is 0 Å². The van der Waals surface area contributed by atoms with Crippen LogP contribution in [-0.4, -0.2) is 47.0 Å². The number of oxime groups is 1. The average molecular weight is 280 g/mol. The van der Waals surface area contributed by atoms with E-state index in [4.69, 9.17) is 10.9 Å². The minimum atomic E-state index is -0.777. The number of hydrogen-bond acceptors (Lipinski definition) is 4.